The molecular formula is C24H24F2N4O5S. The molecule has 3 aliphatic rings. The number of methoxy groups -OCH3 is 1. The second-order valence-electron chi connectivity index (χ2n) is 9.28. The molecule has 3 atom stereocenters. The Bertz CT molecular complexity index is 1360. The Morgan fingerprint density at radius 1 is 1.36 bits per heavy atom. The first-order valence-corrected chi connectivity index (χ1v) is 12.2. The third-order valence-corrected chi connectivity index (χ3v) is 8.50. The van der Waals surface area contributed by atoms with Crippen molar-refractivity contribution < 1.29 is 28.2 Å². The van der Waals surface area contributed by atoms with Crippen LogP contribution in [-0.4, -0.2) is 56.7 Å². The molecule has 36 heavy (non-hydrogen) atoms. The van der Waals surface area contributed by atoms with Crippen LogP contribution in [-0.2, 0) is 11.3 Å². The third-order valence-electron chi connectivity index (χ3n) is 7.22. The van der Waals surface area contributed by atoms with Gasteiger partial charge in [0.1, 0.15) is 17.2 Å². The first kappa shape index (κ1) is 24.3. The predicted molar refractivity (Wildman–Crippen MR) is 128 cm³/mol. The van der Waals surface area contributed by atoms with Crippen LogP contribution in [0.5, 0.6) is 5.75 Å². The van der Waals surface area contributed by atoms with Gasteiger partial charge >= 0.3 is 0 Å². The molecule has 3 unspecified atom stereocenters. The molecule has 0 aliphatic carbocycles. The highest BCUT2D eigenvalue weighted by atomic mass is 32.2. The van der Waals surface area contributed by atoms with Crippen molar-refractivity contribution in [1.82, 2.24) is 14.8 Å². The van der Waals surface area contributed by atoms with Crippen LogP contribution in [0.3, 0.4) is 0 Å². The zero-order valence-corrected chi connectivity index (χ0v) is 20.4. The van der Waals surface area contributed by atoms with Crippen molar-refractivity contribution in [1.29, 1.82) is 0 Å². The number of carbonyl (C=O) groups excluding carboxylic acids is 2. The van der Waals surface area contributed by atoms with Gasteiger partial charge in [-0.1, -0.05) is 6.07 Å². The Morgan fingerprint density at radius 2 is 2.14 bits per heavy atom. The summed E-state index contributed by atoms with van der Waals surface area (Å²) in [6.45, 7) is 1.94. The fourth-order valence-electron chi connectivity index (χ4n) is 5.13. The van der Waals surface area contributed by atoms with Crippen LogP contribution < -0.4 is 10.7 Å². The van der Waals surface area contributed by atoms with E-state index in [-0.39, 0.29) is 29.4 Å². The molecule has 1 aromatic carbocycles. The number of amides is 2. The third kappa shape index (κ3) is 3.83. The van der Waals surface area contributed by atoms with Crippen molar-refractivity contribution in [3.8, 4) is 5.75 Å². The molecule has 2 bridgehead atoms. The van der Waals surface area contributed by atoms with E-state index in [2.05, 4.69) is 9.71 Å². The molecule has 0 radical (unpaired) electrons. The number of ether oxygens (including phenoxy) is 1. The number of hydrogen-bond acceptors (Lipinski definition) is 7. The minimum Gasteiger partial charge on any atom is -0.503 e. The first-order valence-electron chi connectivity index (χ1n) is 11.5. The zero-order chi connectivity index (χ0) is 25.8. The summed E-state index contributed by atoms with van der Waals surface area (Å²) in [6.07, 6.45) is 3.17. The summed E-state index contributed by atoms with van der Waals surface area (Å²) in [7, 11) is 1.54. The summed E-state index contributed by atoms with van der Waals surface area (Å²) in [4.78, 5) is 40.9. The minimum atomic E-state index is -0.999. The van der Waals surface area contributed by atoms with Gasteiger partial charge in [0.25, 0.3) is 11.8 Å². The van der Waals surface area contributed by atoms with Gasteiger partial charge in [-0.15, -0.1) is 0 Å². The molecule has 0 saturated carbocycles. The topological polar surface area (TPSA) is 113 Å². The molecule has 190 valence electrons. The van der Waals surface area contributed by atoms with E-state index in [4.69, 9.17) is 4.74 Å². The van der Waals surface area contributed by atoms with Gasteiger partial charge in [-0.3, -0.25) is 14.4 Å². The maximum absolute atomic E-state index is 14.0. The van der Waals surface area contributed by atoms with Crippen LogP contribution in [0, 0.1) is 11.6 Å². The molecule has 5 rings (SSSR count). The van der Waals surface area contributed by atoms with Crippen LogP contribution in [0.15, 0.2) is 33.6 Å². The first-order chi connectivity index (χ1) is 17.1. The van der Waals surface area contributed by atoms with Crippen LogP contribution in [0.2, 0.25) is 0 Å². The average Bonchev–Trinajstić information content (AvgIpc) is 3.23. The summed E-state index contributed by atoms with van der Waals surface area (Å²) in [5, 5.41) is 13.3. The Hall–Kier alpha value is -3.41. The van der Waals surface area contributed by atoms with Gasteiger partial charge in [0.05, 0.1) is 17.9 Å². The van der Waals surface area contributed by atoms with Gasteiger partial charge in [0.2, 0.25) is 5.43 Å². The number of rotatable bonds is 3. The van der Waals surface area contributed by atoms with Crippen molar-refractivity contribution in [2.45, 2.75) is 49.6 Å². The van der Waals surface area contributed by atoms with Crippen molar-refractivity contribution in [3.63, 3.8) is 0 Å². The molecule has 4 heterocycles. The highest BCUT2D eigenvalue weighted by molar-refractivity contribution is 8.00. The SMILES string of the molecule is COC1=NSC2(CCC(C)N3CC2n2cc(C(=O)NCc4ccc(F)cc4F)c(=O)c(O)c2C3=O)C1. The lowest BCUT2D eigenvalue weighted by Gasteiger charge is -2.42. The monoisotopic (exact) mass is 518 g/mol. The summed E-state index contributed by atoms with van der Waals surface area (Å²) in [5.74, 6) is -3.18. The maximum Gasteiger partial charge on any atom is 0.274 e. The predicted octanol–water partition coefficient (Wildman–Crippen LogP) is 2.78. The van der Waals surface area contributed by atoms with E-state index < -0.39 is 45.4 Å². The lowest BCUT2D eigenvalue weighted by atomic mass is 9.89. The number of aromatic nitrogens is 1. The van der Waals surface area contributed by atoms with Crippen molar-refractivity contribution in [2.75, 3.05) is 13.7 Å². The maximum atomic E-state index is 14.0. The lowest BCUT2D eigenvalue weighted by molar-refractivity contribution is 0.0595. The Balaban J connectivity index is 1.54. The second-order valence-corrected chi connectivity index (χ2v) is 10.5. The molecule has 12 heteroatoms. The number of aromatic hydroxyl groups is 1. The van der Waals surface area contributed by atoms with Gasteiger partial charge in [-0.25, -0.2) is 8.78 Å². The number of carbonyl (C=O) groups is 2. The number of nitrogens with one attached hydrogen (secondary N) is 1. The quantitative estimate of drug-likeness (QED) is 0.605. The van der Waals surface area contributed by atoms with Gasteiger partial charge in [0, 0.05) is 43.4 Å². The molecule has 1 aromatic heterocycles. The van der Waals surface area contributed by atoms with Gasteiger partial charge in [-0.05, 0) is 37.8 Å². The Morgan fingerprint density at radius 3 is 2.83 bits per heavy atom. The van der Waals surface area contributed by atoms with Gasteiger partial charge < -0.3 is 24.6 Å². The molecule has 2 aromatic rings. The summed E-state index contributed by atoms with van der Waals surface area (Å²) in [6, 6.07) is 2.42. The number of benzene rings is 1. The minimum absolute atomic E-state index is 0.0289. The molecule has 9 nitrogen and oxygen atoms in total. The van der Waals surface area contributed by atoms with Gasteiger partial charge in [-0.2, -0.15) is 4.40 Å². The Labute approximate surface area is 209 Å². The standard InChI is InChI=1S/C24H24F2N4O5S/c1-12-5-6-24(8-18(35-2)28-36-24)17-11-29(12)23(34)19-21(32)20(31)15(10-30(17)19)22(33)27-9-13-3-4-14(25)7-16(13)26/h3-4,7,10,12,17,32H,5-6,8-9,11H2,1-2H3,(H,27,33). The molecule has 1 fully saturated rings. The lowest BCUT2D eigenvalue weighted by Crippen LogP contribution is -2.51. The van der Waals surface area contributed by atoms with E-state index >= 15 is 0 Å². The van der Waals surface area contributed by atoms with Crippen LogP contribution in [0.4, 0.5) is 8.78 Å². The fraction of sp³-hybridized carbons (Fsp3) is 0.417. The van der Waals surface area contributed by atoms with E-state index in [0.29, 0.717) is 37.8 Å². The van der Waals surface area contributed by atoms with E-state index in [9.17, 15) is 28.3 Å². The summed E-state index contributed by atoms with van der Waals surface area (Å²) >= 11 is 1.35. The molecule has 1 saturated heterocycles. The van der Waals surface area contributed by atoms with E-state index in [1.54, 1.807) is 4.90 Å². The average molecular weight is 519 g/mol. The van der Waals surface area contributed by atoms with Crippen LogP contribution in [0.1, 0.15) is 58.6 Å². The highest BCUT2D eigenvalue weighted by Gasteiger charge is 2.53. The molecule has 2 amide bonds. The zero-order valence-electron chi connectivity index (χ0n) is 19.6. The van der Waals surface area contributed by atoms with E-state index in [1.807, 2.05) is 6.92 Å². The second kappa shape index (κ2) is 8.91. The summed E-state index contributed by atoms with van der Waals surface area (Å²) < 4.78 is 38.0. The Kier molecular flexibility index (Phi) is 6.01. The normalized spacial score (nSPS) is 24.8. The fourth-order valence-corrected chi connectivity index (χ4v) is 6.26. The largest absolute Gasteiger partial charge is 0.503 e. The number of halogens is 2. The van der Waals surface area contributed by atoms with Crippen molar-refractivity contribution >= 4 is 29.7 Å². The van der Waals surface area contributed by atoms with Crippen LogP contribution >= 0.6 is 11.9 Å². The molecule has 2 N–H and O–H groups in total. The molecule has 1 spiro atoms. The number of fused-ring (bicyclic) bond motifs is 5. The highest BCUT2D eigenvalue weighted by Crippen LogP contribution is 2.52. The smallest absolute Gasteiger partial charge is 0.274 e. The van der Waals surface area contributed by atoms with Crippen molar-refractivity contribution in [3.05, 3.63) is 63.1 Å². The van der Waals surface area contributed by atoms with Crippen molar-refractivity contribution in [2.24, 2.45) is 4.40 Å². The van der Waals surface area contributed by atoms with E-state index in [1.165, 1.54) is 35.9 Å². The van der Waals surface area contributed by atoms with Gasteiger partial charge in [0.15, 0.2) is 17.3 Å². The number of pyridine rings is 1. The summed E-state index contributed by atoms with van der Waals surface area (Å²) in [5.41, 5.74) is -1.53. The number of hydrogen-bond donors (Lipinski definition) is 2. The van der Waals surface area contributed by atoms with Crippen LogP contribution in [0.25, 0.3) is 0 Å². The number of nitrogens with zero attached hydrogens (tertiary/aromatic N) is 3. The molecular weight excluding hydrogens is 494 g/mol. The molecule has 3 aliphatic heterocycles. The van der Waals surface area contributed by atoms with E-state index in [0.717, 1.165) is 6.07 Å².